The summed E-state index contributed by atoms with van der Waals surface area (Å²) in [7, 11) is -5.84. The molecule has 0 spiro atoms. The molecule has 0 bridgehead atoms. The number of benzene rings is 2. The van der Waals surface area contributed by atoms with Crippen molar-refractivity contribution in [3.8, 4) is 0 Å². The normalized spacial score (nSPS) is 13.3. The van der Waals surface area contributed by atoms with Crippen LogP contribution in [0.2, 0.25) is 0 Å². The average molecular weight is 421 g/mol. The summed E-state index contributed by atoms with van der Waals surface area (Å²) in [6.45, 7) is 0. The lowest BCUT2D eigenvalue weighted by molar-refractivity contribution is 0.280. The minimum absolute atomic E-state index is 0.0882. The lowest BCUT2D eigenvalue weighted by Crippen LogP contribution is -2.06. The van der Waals surface area contributed by atoms with Crippen LogP contribution < -0.4 is 0 Å². The van der Waals surface area contributed by atoms with E-state index in [0.717, 1.165) is 0 Å². The molecule has 0 unspecified atom stereocenters. The van der Waals surface area contributed by atoms with Crippen LogP contribution in [-0.2, 0) is 46.7 Å². The van der Waals surface area contributed by atoms with Crippen molar-refractivity contribution in [1.82, 2.24) is 0 Å². The topological polar surface area (TPSA) is 69.7 Å². The third-order valence-electron chi connectivity index (χ3n) is 3.13. The first-order valence-electron chi connectivity index (χ1n) is 7.35. The molecule has 140 valence electrons. The van der Waals surface area contributed by atoms with Gasteiger partial charge >= 0.3 is 8.25 Å². The summed E-state index contributed by atoms with van der Waals surface area (Å²) in [5, 5.41) is 0. The molecule has 0 aliphatic carbocycles. The Labute approximate surface area is 155 Å². The number of hydrogen-bond donors (Lipinski definition) is 0. The number of halogens is 2. The van der Waals surface area contributed by atoms with Crippen molar-refractivity contribution in [2.24, 2.45) is 0 Å². The van der Waals surface area contributed by atoms with Gasteiger partial charge in [-0.05, 0) is 12.1 Å². The van der Waals surface area contributed by atoms with E-state index in [0.29, 0.717) is 0 Å². The zero-order valence-corrected chi connectivity index (χ0v) is 16.0. The SMILES string of the molecule is O=[P+](OC[S@@](=O)Cc1ccccc1F)OC[S@@](=O)Cc1ccccc1F. The Bertz CT molecular complexity index is 753. The van der Waals surface area contributed by atoms with Gasteiger partial charge in [0.15, 0.2) is 11.9 Å². The molecule has 2 rings (SSSR count). The first-order chi connectivity index (χ1) is 12.5. The summed E-state index contributed by atoms with van der Waals surface area (Å²) < 4.78 is 71.7. The minimum atomic E-state index is -2.63. The van der Waals surface area contributed by atoms with Crippen molar-refractivity contribution in [1.29, 1.82) is 0 Å². The first-order valence-corrected chi connectivity index (χ1v) is 11.4. The highest BCUT2D eigenvalue weighted by molar-refractivity contribution is 7.84. The van der Waals surface area contributed by atoms with Gasteiger partial charge in [0.05, 0.1) is 33.1 Å². The Balaban J connectivity index is 1.70. The highest BCUT2D eigenvalue weighted by Crippen LogP contribution is 2.25. The molecule has 0 radical (unpaired) electrons. The monoisotopic (exact) mass is 421 g/mol. The zero-order valence-electron chi connectivity index (χ0n) is 13.5. The van der Waals surface area contributed by atoms with E-state index in [9.17, 15) is 21.8 Å². The molecule has 0 aromatic heterocycles. The van der Waals surface area contributed by atoms with Gasteiger partial charge in [0, 0.05) is 15.7 Å². The zero-order chi connectivity index (χ0) is 18.9. The molecule has 0 N–H and O–H groups in total. The maximum Gasteiger partial charge on any atom is 0.699 e. The summed E-state index contributed by atoms with van der Waals surface area (Å²) in [6, 6.07) is 11.8. The summed E-state index contributed by atoms with van der Waals surface area (Å²) in [5.74, 6) is -1.97. The second-order valence-corrected chi connectivity index (χ2v) is 8.84. The van der Waals surface area contributed by atoms with Gasteiger partial charge < -0.3 is 0 Å². The van der Waals surface area contributed by atoms with Crippen LogP contribution in [0.15, 0.2) is 48.5 Å². The van der Waals surface area contributed by atoms with Crippen LogP contribution in [0.1, 0.15) is 11.1 Å². The van der Waals surface area contributed by atoms with E-state index in [-0.39, 0.29) is 22.6 Å². The van der Waals surface area contributed by atoms with E-state index < -0.39 is 53.4 Å². The Morgan fingerprint density at radius 1 is 0.769 bits per heavy atom. The summed E-state index contributed by atoms with van der Waals surface area (Å²) in [5.41, 5.74) is 0.521. The van der Waals surface area contributed by atoms with Gasteiger partial charge in [-0.2, -0.15) is 0 Å². The molecular formula is C16H16F2O5PS2+. The standard InChI is InChI=1S/C16H16F2O5PS2/c17-15-7-3-1-5-13(15)9-25(20)11-22-24(19)23-12-26(21)10-14-6-2-4-8-16(14)18/h1-8H,9-12H2/q+1/t25-,26-/m0/s1. The van der Waals surface area contributed by atoms with Crippen LogP contribution in [0.4, 0.5) is 8.78 Å². The predicted octanol–water partition coefficient (Wildman–Crippen LogP) is 3.77. The molecule has 0 aliphatic rings. The molecule has 5 nitrogen and oxygen atoms in total. The maximum atomic E-state index is 13.4. The first kappa shape index (κ1) is 20.9. The quantitative estimate of drug-likeness (QED) is 0.547. The van der Waals surface area contributed by atoms with Crippen molar-refractivity contribution in [2.75, 3.05) is 11.9 Å². The molecule has 0 aliphatic heterocycles. The van der Waals surface area contributed by atoms with Gasteiger partial charge in [-0.15, -0.1) is 9.05 Å². The van der Waals surface area contributed by atoms with E-state index in [2.05, 4.69) is 0 Å². The predicted molar refractivity (Wildman–Crippen MR) is 96.0 cm³/mol. The fraction of sp³-hybridized carbons (Fsp3) is 0.250. The number of rotatable bonds is 10. The molecule has 0 saturated heterocycles. The molecule has 26 heavy (non-hydrogen) atoms. The molecule has 0 saturated carbocycles. The van der Waals surface area contributed by atoms with Crippen molar-refractivity contribution >= 4 is 29.9 Å². The summed E-state index contributed by atoms with van der Waals surface area (Å²) in [6.07, 6.45) is 0. The Morgan fingerprint density at radius 3 is 1.54 bits per heavy atom. The Morgan fingerprint density at radius 2 is 1.15 bits per heavy atom. The maximum absolute atomic E-state index is 13.4. The van der Waals surface area contributed by atoms with Crippen molar-refractivity contribution in [3.05, 3.63) is 71.3 Å². The van der Waals surface area contributed by atoms with Crippen molar-refractivity contribution in [2.45, 2.75) is 11.5 Å². The molecule has 2 aromatic rings. The Kier molecular flexibility index (Phi) is 8.61. The smallest absolute Gasteiger partial charge is 0.257 e. The van der Waals surface area contributed by atoms with Crippen LogP contribution >= 0.6 is 8.25 Å². The van der Waals surface area contributed by atoms with Crippen LogP contribution in [0, 0.1) is 11.6 Å². The van der Waals surface area contributed by atoms with Crippen LogP contribution in [0.3, 0.4) is 0 Å². The molecular weight excluding hydrogens is 405 g/mol. The van der Waals surface area contributed by atoms with Crippen molar-refractivity contribution < 1.29 is 30.8 Å². The van der Waals surface area contributed by atoms with E-state index in [1.807, 2.05) is 0 Å². The lowest BCUT2D eigenvalue weighted by atomic mass is 10.2. The third-order valence-corrected chi connectivity index (χ3v) is 6.18. The second kappa shape index (κ2) is 10.7. The molecule has 0 heterocycles. The van der Waals surface area contributed by atoms with Gasteiger partial charge in [0.1, 0.15) is 11.6 Å². The largest absolute Gasteiger partial charge is 0.699 e. The minimum Gasteiger partial charge on any atom is -0.257 e. The van der Waals surface area contributed by atoms with Crippen LogP contribution in [0.25, 0.3) is 0 Å². The fourth-order valence-electron chi connectivity index (χ4n) is 1.90. The van der Waals surface area contributed by atoms with E-state index in [1.54, 1.807) is 12.1 Å². The van der Waals surface area contributed by atoms with Gasteiger partial charge in [0.2, 0.25) is 0 Å². The van der Waals surface area contributed by atoms with E-state index >= 15 is 0 Å². The van der Waals surface area contributed by atoms with E-state index in [1.165, 1.54) is 36.4 Å². The molecule has 2 atom stereocenters. The second-order valence-electron chi connectivity index (χ2n) is 5.07. The van der Waals surface area contributed by atoms with Gasteiger partial charge in [-0.25, -0.2) is 8.78 Å². The molecule has 0 amide bonds. The Hall–Kier alpha value is -1.38. The summed E-state index contributed by atoms with van der Waals surface area (Å²) >= 11 is 0. The van der Waals surface area contributed by atoms with Crippen LogP contribution in [-0.4, -0.2) is 20.3 Å². The van der Waals surface area contributed by atoms with Gasteiger partial charge in [-0.3, -0.25) is 8.42 Å². The molecule has 0 fully saturated rings. The molecule has 2 aromatic carbocycles. The highest BCUT2D eigenvalue weighted by atomic mass is 32.2. The highest BCUT2D eigenvalue weighted by Gasteiger charge is 2.24. The molecule has 10 heteroatoms. The average Bonchev–Trinajstić information content (AvgIpc) is 2.62. The third kappa shape index (κ3) is 7.09. The van der Waals surface area contributed by atoms with Gasteiger partial charge in [-0.1, -0.05) is 36.4 Å². The number of hydrogen-bond acceptors (Lipinski definition) is 5. The summed E-state index contributed by atoms with van der Waals surface area (Å²) in [4.78, 5) is 0. The van der Waals surface area contributed by atoms with E-state index in [4.69, 9.17) is 9.05 Å². The fourth-order valence-corrected chi connectivity index (χ4v) is 4.93. The van der Waals surface area contributed by atoms with Crippen LogP contribution in [0.5, 0.6) is 0 Å². The lowest BCUT2D eigenvalue weighted by Gasteiger charge is -2.01. The van der Waals surface area contributed by atoms with Gasteiger partial charge in [0.25, 0.3) is 0 Å². The van der Waals surface area contributed by atoms with Crippen molar-refractivity contribution in [3.63, 3.8) is 0 Å².